The predicted molar refractivity (Wildman–Crippen MR) is 64.4 cm³/mol. The summed E-state index contributed by atoms with van der Waals surface area (Å²) < 4.78 is 19.9. The first kappa shape index (κ1) is 12.5. The normalized spacial score (nSPS) is 10.4. The molecule has 0 radical (unpaired) electrons. The summed E-state index contributed by atoms with van der Waals surface area (Å²) >= 11 is 2.86. The molecule has 0 atom stereocenters. The molecule has 0 spiro atoms. The lowest BCUT2D eigenvalue weighted by atomic mass is 10.2. The number of benzene rings is 1. The lowest BCUT2D eigenvalue weighted by Crippen LogP contribution is -2.01. The SMILES string of the molecule is COc1cnn(-c2ccc([N+](=O)[O-])c(Br)c2F)c1. The Labute approximate surface area is 109 Å². The van der Waals surface area contributed by atoms with Crippen molar-refractivity contribution in [3.63, 3.8) is 0 Å². The maximum Gasteiger partial charge on any atom is 0.286 e. The van der Waals surface area contributed by atoms with E-state index < -0.39 is 10.7 Å². The van der Waals surface area contributed by atoms with E-state index in [1.54, 1.807) is 0 Å². The van der Waals surface area contributed by atoms with E-state index in [0.717, 1.165) is 0 Å². The third-order valence-corrected chi connectivity index (χ3v) is 3.03. The van der Waals surface area contributed by atoms with Crippen molar-refractivity contribution in [3.8, 4) is 11.4 Å². The van der Waals surface area contributed by atoms with Gasteiger partial charge in [0.25, 0.3) is 5.69 Å². The van der Waals surface area contributed by atoms with Crippen molar-refractivity contribution >= 4 is 21.6 Å². The number of hydrogen-bond acceptors (Lipinski definition) is 4. The second kappa shape index (κ2) is 4.73. The van der Waals surface area contributed by atoms with Gasteiger partial charge in [0.2, 0.25) is 0 Å². The number of ether oxygens (including phenoxy) is 1. The van der Waals surface area contributed by atoms with Crippen LogP contribution in [-0.2, 0) is 0 Å². The molecule has 0 fully saturated rings. The number of nitro benzene ring substituents is 1. The van der Waals surface area contributed by atoms with E-state index in [1.165, 1.54) is 36.3 Å². The van der Waals surface area contributed by atoms with Gasteiger partial charge in [-0.3, -0.25) is 10.1 Å². The molecule has 0 amide bonds. The number of nitrogens with zero attached hydrogens (tertiary/aromatic N) is 3. The van der Waals surface area contributed by atoms with Crippen molar-refractivity contribution in [2.24, 2.45) is 0 Å². The van der Waals surface area contributed by atoms with Gasteiger partial charge in [-0.15, -0.1) is 0 Å². The fourth-order valence-electron chi connectivity index (χ4n) is 1.39. The van der Waals surface area contributed by atoms with E-state index in [0.29, 0.717) is 5.75 Å². The number of aromatic nitrogens is 2. The largest absolute Gasteiger partial charge is 0.493 e. The van der Waals surface area contributed by atoms with Gasteiger partial charge < -0.3 is 4.74 Å². The topological polar surface area (TPSA) is 70.2 Å². The summed E-state index contributed by atoms with van der Waals surface area (Å²) in [6.45, 7) is 0. The summed E-state index contributed by atoms with van der Waals surface area (Å²) in [5.74, 6) is -0.293. The molecule has 18 heavy (non-hydrogen) atoms. The minimum absolute atomic E-state index is 0.0933. The van der Waals surface area contributed by atoms with E-state index in [9.17, 15) is 14.5 Å². The quantitative estimate of drug-likeness (QED) is 0.645. The molecule has 6 nitrogen and oxygen atoms in total. The predicted octanol–water partition coefficient (Wildman–Crippen LogP) is 2.69. The third-order valence-electron chi connectivity index (χ3n) is 2.28. The maximum atomic E-state index is 14.0. The summed E-state index contributed by atoms with van der Waals surface area (Å²) in [4.78, 5) is 9.97. The van der Waals surface area contributed by atoms with Crippen LogP contribution >= 0.6 is 15.9 Å². The van der Waals surface area contributed by atoms with Gasteiger partial charge in [-0.1, -0.05) is 0 Å². The van der Waals surface area contributed by atoms with Crippen LogP contribution in [0, 0.1) is 15.9 Å². The Hall–Kier alpha value is -1.96. The lowest BCUT2D eigenvalue weighted by molar-refractivity contribution is -0.385. The number of rotatable bonds is 3. The molecule has 0 N–H and O–H groups in total. The van der Waals surface area contributed by atoms with Crippen LogP contribution in [0.2, 0.25) is 0 Å². The smallest absolute Gasteiger partial charge is 0.286 e. The van der Waals surface area contributed by atoms with Crippen molar-refractivity contribution < 1.29 is 14.1 Å². The van der Waals surface area contributed by atoms with Gasteiger partial charge in [0.15, 0.2) is 11.6 Å². The molecule has 0 unspecified atom stereocenters. The summed E-state index contributed by atoms with van der Waals surface area (Å²) in [7, 11) is 1.46. The van der Waals surface area contributed by atoms with Crippen molar-refractivity contribution in [2.45, 2.75) is 0 Å². The highest BCUT2D eigenvalue weighted by Crippen LogP contribution is 2.31. The van der Waals surface area contributed by atoms with Crippen LogP contribution in [0.5, 0.6) is 5.75 Å². The number of halogens is 2. The van der Waals surface area contributed by atoms with Crippen LogP contribution in [0.4, 0.5) is 10.1 Å². The third kappa shape index (κ3) is 2.06. The summed E-state index contributed by atoms with van der Waals surface area (Å²) in [5, 5.41) is 14.5. The van der Waals surface area contributed by atoms with Crippen LogP contribution < -0.4 is 4.74 Å². The maximum absolute atomic E-state index is 14.0. The minimum Gasteiger partial charge on any atom is -0.493 e. The highest BCUT2D eigenvalue weighted by atomic mass is 79.9. The molecule has 0 saturated carbocycles. The number of hydrogen-bond donors (Lipinski definition) is 0. The Morgan fingerprint density at radius 1 is 1.56 bits per heavy atom. The van der Waals surface area contributed by atoms with Crippen molar-refractivity contribution in [1.29, 1.82) is 0 Å². The van der Waals surface area contributed by atoms with Gasteiger partial charge in [0, 0.05) is 6.07 Å². The second-order valence-corrected chi connectivity index (χ2v) is 4.11. The first-order chi connectivity index (χ1) is 8.54. The number of nitro groups is 1. The molecule has 0 aliphatic rings. The van der Waals surface area contributed by atoms with Crippen LogP contribution in [0.3, 0.4) is 0 Å². The molecule has 0 aliphatic heterocycles. The molecule has 2 aromatic rings. The zero-order chi connectivity index (χ0) is 13.3. The Bertz CT molecular complexity index is 614. The molecule has 0 bridgehead atoms. The summed E-state index contributed by atoms with van der Waals surface area (Å²) in [5.41, 5.74) is -0.244. The fourth-order valence-corrected chi connectivity index (χ4v) is 1.87. The first-order valence-electron chi connectivity index (χ1n) is 4.76. The van der Waals surface area contributed by atoms with Crippen LogP contribution in [0.1, 0.15) is 0 Å². The Kier molecular flexibility index (Phi) is 3.28. The molecule has 0 saturated heterocycles. The van der Waals surface area contributed by atoms with Gasteiger partial charge in [-0.2, -0.15) is 5.10 Å². The molecular formula is C10H7BrFN3O3. The zero-order valence-corrected chi connectivity index (χ0v) is 10.7. The van der Waals surface area contributed by atoms with Gasteiger partial charge in [-0.25, -0.2) is 9.07 Å². The Morgan fingerprint density at radius 2 is 2.28 bits per heavy atom. The lowest BCUT2D eigenvalue weighted by Gasteiger charge is -2.04. The van der Waals surface area contributed by atoms with E-state index in [4.69, 9.17) is 4.74 Å². The molecule has 1 heterocycles. The zero-order valence-electron chi connectivity index (χ0n) is 9.13. The Balaban J connectivity index is 2.53. The molecular weight excluding hydrogens is 309 g/mol. The standard InChI is InChI=1S/C10H7BrFN3O3/c1-18-6-4-13-14(5-6)8-3-2-7(15(16)17)9(11)10(8)12/h2-5H,1H3. The number of methoxy groups -OCH3 is 1. The monoisotopic (exact) mass is 315 g/mol. The minimum atomic E-state index is -0.755. The van der Waals surface area contributed by atoms with Crippen LogP contribution in [0.15, 0.2) is 29.0 Å². The molecule has 1 aromatic carbocycles. The van der Waals surface area contributed by atoms with E-state index in [1.807, 2.05) is 0 Å². The summed E-state index contributed by atoms with van der Waals surface area (Å²) in [6.07, 6.45) is 2.88. The van der Waals surface area contributed by atoms with Crippen molar-refractivity contribution in [1.82, 2.24) is 9.78 Å². The van der Waals surface area contributed by atoms with E-state index >= 15 is 0 Å². The summed E-state index contributed by atoms with van der Waals surface area (Å²) in [6, 6.07) is 2.49. The molecule has 2 rings (SSSR count). The molecule has 0 aliphatic carbocycles. The van der Waals surface area contributed by atoms with Gasteiger partial charge in [0.05, 0.1) is 24.4 Å². The average molecular weight is 316 g/mol. The van der Waals surface area contributed by atoms with Gasteiger partial charge in [-0.05, 0) is 22.0 Å². The van der Waals surface area contributed by atoms with E-state index in [-0.39, 0.29) is 15.8 Å². The van der Waals surface area contributed by atoms with E-state index in [2.05, 4.69) is 21.0 Å². The second-order valence-electron chi connectivity index (χ2n) is 3.31. The van der Waals surface area contributed by atoms with Crippen LogP contribution in [-0.4, -0.2) is 21.8 Å². The van der Waals surface area contributed by atoms with Gasteiger partial charge >= 0.3 is 0 Å². The van der Waals surface area contributed by atoms with Crippen molar-refractivity contribution in [3.05, 3.63) is 44.9 Å². The van der Waals surface area contributed by atoms with Gasteiger partial charge in [0.1, 0.15) is 10.2 Å². The first-order valence-corrected chi connectivity index (χ1v) is 5.55. The van der Waals surface area contributed by atoms with Crippen molar-refractivity contribution in [2.75, 3.05) is 7.11 Å². The highest BCUT2D eigenvalue weighted by Gasteiger charge is 2.20. The molecule has 1 aromatic heterocycles. The molecule has 94 valence electrons. The average Bonchev–Trinajstić information content (AvgIpc) is 2.80. The molecule has 8 heteroatoms. The highest BCUT2D eigenvalue weighted by molar-refractivity contribution is 9.10. The van der Waals surface area contributed by atoms with Crippen LogP contribution in [0.25, 0.3) is 5.69 Å². The Morgan fingerprint density at radius 3 is 2.83 bits per heavy atom. The fraction of sp³-hybridized carbons (Fsp3) is 0.100.